The fraction of sp³-hybridized carbons (Fsp3) is 0.923. The van der Waals surface area contributed by atoms with E-state index < -0.39 is 5.60 Å². The standard InChI is InChI=1S/C13H23NO3/c1-14(9-13(16)4-2-3-5-13)8-12(10-15)6-7-17-11-12/h10,16H,2-9,11H2,1H3. The molecule has 1 saturated carbocycles. The fourth-order valence-electron chi connectivity index (χ4n) is 3.17. The van der Waals surface area contributed by atoms with Gasteiger partial charge in [0.25, 0.3) is 0 Å². The van der Waals surface area contributed by atoms with Crippen LogP contribution < -0.4 is 0 Å². The average Bonchev–Trinajstić information content (AvgIpc) is 2.88. The van der Waals surface area contributed by atoms with Gasteiger partial charge < -0.3 is 19.5 Å². The molecular formula is C13H23NO3. The van der Waals surface area contributed by atoms with Crippen molar-refractivity contribution in [2.24, 2.45) is 5.41 Å². The summed E-state index contributed by atoms with van der Waals surface area (Å²) < 4.78 is 5.33. The van der Waals surface area contributed by atoms with E-state index in [4.69, 9.17) is 4.74 Å². The molecular weight excluding hydrogens is 218 g/mol. The SMILES string of the molecule is CN(CC1(O)CCCC1)CC1(C=O)CCOC1. The highest BCUT2D eigenvalue weighted by Crippen LogP contribution is 2.32. The smallest absolute Gasteiger partial charge is 0.129 e. The summed E-state index contributed by atoms with van der Waals surface area (Å²) in [5, 5.41) is 10.3. The van der Waals surface area contributed by atoms with Crippen LogP contribution in [0, 0.1) is 5.41 Å². The lowest BCUT2D eigenvalue weighted by Crippen LogP contribution is -2.45. The molecule has 0 bridgehead atoms. The monoisotopic (exact) mass is 241 g/mol. The lowest BCUT2D eigenvalue weighted by atomic mass is 9.88. The highest BCUT2D eigenvalue weighted by Gasteiger charge is 2.38. The predicted octanol–water partition coefficient (Wildman–Crippen LogP) is 0.829. The van der Waals surface area contributed by atoms with Crippen LogP contribution in [0.15, 0.2) is 0 Å². The van der Waals surface area contributed by atoms with E-state index >= 15 is 0 Å². The minimum absolute atomic E-state index is 0.344. The van der Waals surface area contributed by atoms with Crippen LogP contribution in [0.2, 0.25) is 0 Å². The van der Waals surface area contributed by atoms with Crippen molar-refractivity contribution >= 4 is 6.29 Å². The van der Waals surface area contributed by atoms with Crippen LogP contribution in [0.1, 0.15) is 32.1 Å². The molecule has 0 radical (unpaired) electrons. The molecule has 4 heteroatoms. The van der Waals surface area contributed by atoms with Gasteiger partial charge in [-0.15, -0.1) is 0 Å². The van der Waals surface area contributed by atoms with E-state index in [-0.39, 0.29) is 5.41 Å². The van der Waals surface area contributed by atoms with E-state index in [9.17, 15) is 9.90 Å². The maximum absolute atomic E-state index is 11.2. The highest BCUT2D eigenvalue weighted by atomic mass is 16.5. The molecule has 0 aromatic carbocycles. The highest BCUT2D eigenvalue weighted by molar-refractivity contribution is 5.60. The topological polar surface area (TPSA) is 49.8 Å². The van der Waals surface area contributed by atoms with E-state index in [1.807, 2.05) is 7.05 Å². The lowest BCUT2D eigenvalue weighted by Gasteiger charge is -2.32. The molecule has 1 aliphatic heterocycles. The second kappa shape index (κ2) is 5.04. The number of hydrogen-bond donors (Lipinski definition) is 1. The fourth-order valence-corrected chi connectivity index (χ4v) is 3.17. The molecule has 1 N–H and O–H groups in total. The van der Waals surface area contributed by atoms with Crippen LogP contribution in [0.25, 0.3) is 0 Å². The maximum atomic E-state index is 11.2. The van der Waals surface area contributed by atoms with Crippen molar-refractivity contribution in [1.82, 2.24) is 4.90 Å². The summed E-state index contributed by atoms with van der Waals surface area (Å²) in [7, 11) is 1.99. The summed E-state index contributed by atoms with van der Waals surface area (Å²) in [6, 6.07) is 0. The Labute approximate surface area is 103 Å². The number of rotatable bonds is 5. The lowest BCUT2D eigenvalue weighted by molar-refractivity contribution is -0.117. The Hall–Kier alpha value is -0.450. The molecule has 1 saturated heterocycles. The van der Waals surface area contributed by atoms with Gasteiger partial charge in [-0.2, -0.15) is 0 Å². The molecule has 1 unspecified atom stereocenters. The first kappa shape index (κ1) is 13.0. The van der Waals surface area contributed by atoms with Crippen molar-refractivity contribution in [2.75, 3.05) is 33.4 Å². The molecule has 1 aliphatic carbocycles. The first-order chi connectivity index (χ1) is 8.08. The summed E-state index contributed by atoms with van der Waals surface area (Å²) >= 11 is 0. The molecule has 1 atom stereocenters. The molecule has 2 aliphatic rings. The van der Waals surface area contributed by atoms with E-state index in [0.717, 1.165) is 38.4 Å². The molecule has 0 aromatic heterocycles. The number of likely N-dealkylation sites (N-methyl/N-ethyl adjacent to an activating group) is 1. The van der Waals surface area contributed by atoms with Crippen molar-refractivity contribution in [3.63, 3.8) is 0 Å². The van der Waals surface area contributed by atoms with E-state index in [1.54, 1.807) is 0 Å². The first-order valence-corrected chi connectivity index (χ1v) is 6.53. The van der Waals surface area contributed by atoms with Gasteiger partial charge in [-0.25, -0.2) is 0 Å². The predicted molar refractivity (Wildman–Crippen MR) is 64.8 cm³/mol. The Morgan fingerprint density at radius 1 is 1.29 bits per heavy atom. The number of carbonyl (C=O) groups excluding carboxylic acids is 1. The summed E-state index contributed by atoms with van der Waals surface area (Å²) in [5.74, 6) is 0. The van der Waals surface area contributed by atoms with Crippen LogP contribution in [0.5, 0.6) is 0 Å². The molecule has 4 nitrogen and oxygen atoms in total. The number of aliphatic hydroxyl groups is 1. The zero-order valence-electron chi connectivity index (χ0n) is 10.7. The zero-order chi connectivity index (χ0) is 12.4. The van der Waals surface area contributed by atoms with E-state index in [0.29, 0.717) is 26.3 Å². The van der Waals surface area contributed by atoms with Gasteiger partial charge >= 0.3 is 0 Å². The number of hydrogen-bond acceptors (Lipinski definition) is 4. The number of carbonyl (C=O) groups is 1. The van der Waals surface area contributed by atoms with Crippen molar-refractivity contribution in [3.05, 3.63) is 0 Å². The van der Waals surface area contributed by atoms with Crippen LogP contribution >= 0.6 is 0 Å². The van der Waals surface area contributed by atoms with Crippen molar-refractivity contribution in [3.8, 4) is 0 Å². The van der Waals surface area contributed by atoms with Crippen molar-refractivity contribution < 1.29 is 14.6 Å². The molecule has 0 aromatic rings. The molecule has 2 rings (SSSR count). The van der Waals surface area contributed by atoms with Crippen LogP contribution in [-0.4, -0.2) is 55.2 Å². The number of nitrogens with zero attached hydrogens (tertiary/aromatic N) is 1. The Morgan fingerprint density at radius 3 is 2.53 bits per heavy atom. The van der Waals surface area contributed by atoms with E-state index in [1.165, 1.54) is 0 Å². The third-order valence-corrected chi connectivity index (χ3v) is 4.07. The Bertz CT molecular complexity index is 268. The second-order valence-corrected chi connectivity index (χ2v) is 5.89. The first-order valence-electron chi connectivity index (χ1n) is 6.53. The van der Waals surface area contributed by atoms with Gasteiger partial charge in [0, 0.05) is 19.7 Å². The van der Waals surface area contributed by atoms with E-state index in [2.05, 4.69) is 4.90 Å². The number of aldehydes is 1. The second-order valence-electron chi connectivity index (χ2n) is 5.89. The third kappa shape index (κ3) is 3.06. The summed E-state index contributed by atoms with van der Waals surface area (Å²) in [6.07, 6.45) is 5.86. The van der Waals surface area contributed by atoms with Crippen molar-refractivity contribution in [1.29, 1.82) is 0 Å². The molecule has 0 amide bonds. The van der Waals surface area contributed by atoms with Crippen LogP contribution in [0.3, 0.4) is 0 Å². The molecule has 98 valence electrons. The molecule has 1 heterocycles. The third-order valence-electron chi connectivity index (χ3n) is 4.07. The van der Waals surface area contributed by atoms with Gasteiger partial charge in [0.1, 0.15) is 6.29 Å². The molecule has 2 fully saturated rings. The Balaban J connectivity index is 1.87. The molecule has 0 spiro atoms. The van der Waals surface area contributed by atoms with Gasteiger partial charge in [0.15, 0.2) is 0 Å². The summed E-state index contributed by atoms with van der Waals surface area (Å²) in [6.45, 7) is 2.57. The maximum Gasteiger partial charge on any atom is 0.129 e. The normalized spacial score (nSPS) is 32.2. The van der Waals surface area contributed by atoms with Gasteiger partial charge in [-0.1, -0.05) is 12.8 Å². The van der Waals surface area contributed by atoms with Gasteiger partial charge in [-0.3, -0.25) is 0 Å². The van der Waals surface area contributed by atoms with Gasteiger partial charge in [0.05, 0.1) is 17.6 Å². The largest absolute Gasteiger partial charge is 0.389 e. The molecule has 17 heavy (non-hydrogen) atoms. The quantitative estimate of drug-likeness (QED) is 0.724. The van der Waals surface area contributed by atoms with Crippen LogP contribution in [-0.2, 0) is 9.53 Å². The van der Waals surface area contributed by atoms with Gasteiger partial charge in [0.2, 0.25) is 0 Å². The number of ether oxygens (including phenoxy) is 1. The average molecular weight is 241 g/mol. The van der Waals surface area contributed by atoms with Crippen LogP contribution in [0.4, 0.5) is 0 Å². The summed E-state index contributed by atoms with van der Waals surface area (Å²) in [4.78, 5) is 13.3. The van der Waals surface area contributed by atoms with Crippen molar-refractivity contribution in [2.45, 2.75) is 37.7 Å². The zero-order valence-corrected chi connectivity index (χ0v) is 10.7. The minimum atomic E-state index is -0.529. The Morgan fingerprint density at radius 2 is 2.00 bits per heavy atom. The van der Waals surface area contributed by atoms with Gasteiger partial charge in [-0.05, 0) is 26.3 Å². The Kier molecular flexibility index (Phi) is 3.85. The minimum Gasteiger partial charge on any atom is -0.389 e. The summed E-state index contributed by atoms with van der Waals surface area (Å²) in [5.41, 5.74) is -0.873.